The van der Waals surface area contributed by atoms with E-state index < -0.39 is 35.1 Å². The summed E-state index contributed by atoms with van der Waals surface area (Å²) in [7, 11) is 2.10. The Balaban J connectivity index is 2.81. The van der Waals surface area contributed by atoms with Crippen LogP contribution >= 0.6 is 0 Å². The van der Waals surface area contributed by atoms with E-state index in [9.17, 15) is 22.8 Å². The smallest absolute Gasteiger partial charge is 0.418 e. The molecule has 0 fully saturated rings. The topological polar surface area (TPSA) is 79.6 Å². The van der Waals surface area contributed by atoms with Crippen LogP contribution in [0.3, 0.4) is 0 Å². The van der Waals surface area contributed by atoms with Crippen molar-refractivity contribution in [3.63, 3.8) is 0 Å². The van der Waals surface area contributed by atoms with Crippen LogP contribution in [-0.2, 0) is 25.2 Å². The monoisotopic (exact) mass is 378 g/mol. The number of benzene rings is 1. The van der Waals surface area contributed by atoms with Gasteiger partial charge in [0, 0.05) is 6.20 Å². The molecule has 1 aliphatic heterocycles. The molecule has 0 spiro atoms. The number of nitriles is 1. The van der Waals surface area contributed by atoms with Crippen LogP contribution in [0.15, 0.2) is 53.9 Å². The van der Waals surface area contributed by atoms with Crippen LogP contribution in [0.4, 0.5) is 18.9 Å². The number of esters is 2. The minimum absolute atomic E-state index is 0.209. The minimum atomic E-state index is -4.82. The first-order chi connectivity index (χ1) is 12.7. The summed E-state index contributed by atoms with van der Waals surface area (Å²) >= 11 is 0. The van der Waals surface area contributed by atoms with Crippen LogP contribution in [0.25, 0.3) is 0 Å². The Morgan fingerprint density at radius 2 is 1.78 bits per heavy atom. The van der Waals surface area contributed by atoms with Gasteiger partial charge in [-0.1, -0.05) is 6.08 Å². The van der Waals surface area contributed by atoms with Gasteiger partial charge in [-0.05, 0) is 30.4 Å². The number of ether oxygens (including phenoxy) is 2. The maximum atomic E-state index is 13.6. The van der Waals surface area contributed by atoms with Crippen molar-refractivity contribution in [1.82, 2.24) is 0 Å². The van der Waals surface area contributed by atoms with Crippen LogP contribution in [0.1, 0.15) is 11.1 Å². The van der Waals surface area contributed by atoms with Gasteiger partial charge in [0.25, 0.3) is 0 Å². The lowest BCUT2D eigenvalue weighted by atomic mass is 10.1. The van der Waals surface area contributed by atoms with Crippen LogP contribution in [-0.4, -0.2) is 26.2 Å². The molecule has 27 heavy (non-hydrogen) atoms. The maximum absolute atomic E-state index is 13.6. The third kappa shape index (κ3) is 4.00. The zero-order chi connectivity index (χ0) is 20.2. The summed E-state index contributed by atoms with van der Waals surface area (Å²) in [4.78, 5) is 25.2. The molecule has 1 aromatic rings. The Morgan fingerprint density at radius 1 is 1.11 bits per heavy atom. The Labute approximate surface area is 152 Å². The number of carbonyl (C=O) groups is 2. The van der Waals surface area contributed by atoms with E-state index in [1.54, 1.807) is 6.07 Å². The second kappa shape index (κ2) is 7.78. The van der Waals surface area contributed by atoms with Gasteiger partial charge < -0.3 is 14.4 Å². The van der Waals surface area contributed by atoms with Crippen molar-refractivity contribution >= 4 is 17.6 Å². The fraction of sp³-hybridized carbons (Fsp3) is 0.167. The van der Waals surface area contributed by atoms with Crippen LogP contribution in [0, 0.1) is 11.3 Å². The molecule has 1 aromatic carbocycles. The molecular weight excluding hydrogens is 365 g/mol. The van der Waals surface area contributed by atoms with E-state index in [0.29, 0.717) is 6.07 Å². The molecule has 9 heteroatoms. The average molecular weight is 378 g/mol. The van der Waals surface area contributed by atoms with E-state index in [-0.39, 0.29) is 11.1 Å². The number of rotatable bonds is 3. The number of methoxy groups -OCH3 is 2. The highest BCUT2D eigenvalue weighted by Crippen LogP contribution is 2.39. The van der Waals surface area contributed by atoms with E-state index in [2.05, 4.69) is 9.47 Å². The summed E-state index contributed by atoms with van der Waals surface area (Å²) in [6, 6.07) is 4.50. The molecule has 0 N–H and O–H groups in total. The molecule has 0 aliphatic carbocycles. The molecule has 0 unspecified atom stereocenters. The molecule has 0 atom stereocenters. The standard InChI is InChI=1S/C18H13F3N2O4/c1-26-16(24)12-5-3-4-8-23(15(12)17(25)27-2)14-7-6-11(10-22)9-13(14)18(19,20)21/h3-9H,1-2H3. The fourth-order valence-corrected chi connectivity index (χ4v) is 2.39. The second-order valence-electron chi connectivity index (χ2n) is 5.16. The highest BCUT2D eigenvalue weighted by molar-refractivity contribution is 6.05. The number of anilines is 1. The Kier molecular flexibility index (Phi) is 5.70. The van der Waals surface area contributed by atoms with Gasteiger partial charge >= 0.3 is 18.1 Å². The van der Waals surface area contributed by atoms with Gasteiger partial charge in [-0.2, -0.15) is 18.4 Å². The fourth-order valence-electron chi connectivity index (χ4n) is 2.39. The molecule has 0 radical (unpaired) electrons. The van der Waals surface area contributed by atoms with Gasteiger partial charge in [-0.3, -0.25) is 0 Å². The van der Waals surface area contributed by atoms with Gasteiger partial charge in [0.2, 0.25) is 0 Å². The van der Waals surface area contributed by atoms with E-state index in [0.717, 1.165) is 25.2 Å². The van der Waals surface area contributed by atoms with E-state index in [1.165, 1.54) is 30.5 Å². The minimum Gasteiger partial charge on any atom is -0.465 e. The molecule has 0 aromatic heterocycles. The average Bonchev–Trinajstić information content (AvgIpc) is 2.88. The van der Waals surface area contributed by atoms with Gasteiger partial charge in [0.05, 0.1) is 42.7 Å². The van der Waals surface area contributed by atoms with Crippen molar-refractivity contribution in [3.8, 4) is 6.07 Å². The van der Waals surface area contributed by atoms with E-state index >= 15 is 0 Å². The third-order valence-corrected chi connectivity index (χ3v) is 3.58. The quantitative estimate of drug-likeness (QED) is 0.752. The number of alkyl halides is 3. The van der Waals surface area contributed by atoms with Gasteiger partial charge in [-0.15, -0.1) is 0 Å². The molecule has 0 bridgehead atoms. The summed E-state index contributed by atoms with van der Waals surface area (Å²) in [5.74, 6) is -1.97. The normalized spacial score (nSPS) is 13.9. The Bertz CT molecular complexity index is 908. The highest BCUT2D eigenvalue weighted by atomic mass is 19.4. The number of hydrogen-bond donors (Lipinski definition) is 0. The van der Waals surface area contributed by atoms with Gasteiger partial charge in [-0.25, -0.2) is 9.59 Å². The summed E-state index contributed by atoms with van der Waals surface area (Å²) in [5, 5.41) is 8.90. The molecule has 0 saturated carbocycles. The zero-order valence-electron chi connectivity index (χ0n) is 14.2. The molecular formula is C18H13F3N2O4. The largest absolute Gasteiger partial charge is 0.465 e. The predicted octanol–water partition coefficient (Wildman–Crippen LogP) is 3.07. The molecule has 1 aliphatic rings. The van der Waals surface area contributed by atoms with Gasteiger partial charge in [0.15, 0.2) is 0 Å². The number of carbonyl (C=O) groups excluding carboxylic acids is 2. The lowest BCUT2D eigenvalue weighted by molar-refractivity contribution is -0.139. The number of nitrogens with zero attached hydrogens (tertiary/aromatic N) is 2. The maximum Gasteiger partial charge on any atom is 0.418 e. The molecule has 2 rings (SSSR count). The zero-order valence-corrected chi connectivity index (χ0v) is 14.2. The van der Waals surface area contributed by atoms with Crippen LogP contribution < -0.4 is 4.90 Å². The molecule has 0 saturated heterocycles. The summed E-state index contributed by atoms with van der Waals surface area (Å²) in [5.41, 5.74) is -2.56. The van der Waals surface area contributed by atoms with Crippen molar-refractivity contribution < 1.29 is 32.2 Å². The van der Waals surface area contributed by atoms with Gasteiger partial charge in [0.1, 0.15) is 5.70 Å². The van der Waals surface area contributed by atoms with Crippen molar-refractivity contribution in [2.45, 2.75) is 6.18 Å². The summed E-state index contributed by atoms with van der Waals surface area (Å²) in [6.45, 7) is 0. The van der Waals surface area contributed by atoms with Crippen LogP contribution in [0.5, 0.6) is 0 Å². The first kappa shape index (κ1) is 19.8. The first-order valence-corrected chi connectivity index (χ1v) is 7.41. The third-order valence-electron chi connectivity index (χ3n) is 3.58. The lowest BCUT2D eigenvalue weighted by Gasteiger charge is -2.26. The predicted molar refractivity (Wildman–Crippen MR) is 88.0 cm³/mol. The SMILES string of the molecule is COC(=O)C1=C(C(=O)OC)N(c2ccc(C#N)cc2C(F)(F)F)C=CC=C1. The highest BCUT2D eigenvalue weighted by Gasteiger charge is 2.37. The number of hydrogen-bond acceptors (Lipinski definition) is 6. The molecule has 0 amide bonds. The van der Waals surface area contributed by atoms with Crippen molar-refractivity contribution in [1.29, 1.82) is 5.26 Å². The molecule has 1 heterocycles. The molecule has 6 nitrogen and oxygen atoms in total. The van der Waals surface area contributed by atoms with Crippen molar-refractivity contribution in [2.24, 2.45) is 0 Å². The summed E-state index contributed by atoms with van der Waals surface area (Å²) < 4.78 is 49.9. The first-order valence-electron chi connectivity index (χ1n) is 7.41. The molecule has 140 valence electrons. The second-order valence-corrected chi connectivity index (χ2v) is 5.16. The van der Waals surface area contributed by atoms with E-state index in [1.807, 2.05) is 0 Å². The van der Waals surface area contributed by atoms with Crippen LogP contribution in [0.2, 0.25) is 0 Å². The number of halogens is 3. The summed E-state index contributed by atoms with van der Waals surface area (Å²) in [6.07, 6.45) is 0.298. The Morgan fingerprint density at radius 3 is 2.33 bits per heavy atom. The Hall–Kier alpha value is -3.54. The van der Waals surface area contributed by atoms with E-state index in [4.69, 9.17) is 5.26 Å². The van der Waals surface area contributed by atoms with Crippen molar-refractivity contribution in [2.75, 3.05) is 19.1 Å². The number of allylic oxidation sites excluding steroid dienone is 2. The lowest BCUT2D eigenvalue weighted by Crippen LogP contribution is -2.28. The van der Waals surface area contributed by atoms with Crippen molar-refractivity contribution in [3.05, 3.63) is 65.0 Å².